The molecule has 0 saturated carbocycles. The first-order chi connectivity index (χ1) is 17.9. The van der Waals surface area contributed by atoms with E-state index in [0.717, 1.165) is 22.4 Å². The molecule has 1 aliphatic heterocycles. The number of likely N-dealkylation sites (tertiary alicyclic amines) is 1. The first kappa shape index (κ1) is 25.2. The number of amides is 1. The molecular formula is C24H16F5N3O6. The van der Waals surface area contributed by atoms with Crippen LogP contribution in [0.4, 0.5) is 22.0 Å². The summed E-state index contributed by atoms with van der Waals surface area (Å²) in [5.41, 5.74) is -0.816. The molecule has 198 valence electrons. The number of alkyl halides is 5. The van der Waals surface area contributed by atoms with Crippen LogP contribution in [-0.2, 0) is 4.79 Å². The fourth-order valence-electron chi connectivity index (χ4n) is 4.04. The highest BCUT2D eigenvalue weighted by molar-refractivity contribution is 6.04. The fourth-order valence-corrected chi connectivity index (χ4v) is 4.04. The minimum absolute atomic E-state index is 0.0903. The molecule has 1 aliphatic rings. The SMILES string of the molecule is O=C(c1cccc2oc(=O)n(OC(=O)C(F)(F)F)c12)N1CCC(F)(F)[C@@H](Oc2ccc3ccccc3n2)C1. The monoisotopic (exact) mass is 537 g/mol. The Morgan fingerprint density at radius 3 is 2.58 bits per heavy atom. The maximum Gasteiger partial charge on any atom is 0.493 e. The summed E-state index contributed by atoms with van der Waals surface area (Å²) < 4.78 is 77.9. The van der Waals surface area contributed by atoms with Gasteiger partial charge in [-0.05, 0) is 24.3 Å². The zero-order chi connectivity index (χ0) is 27.2. The summed E-state index contributed by atoms with van der Waals surface area (Å²) >= 11 is 0. The predicted molar refractivity (Wildman–Crippen MR) is 120 cm³/mol. The van der Waals surface area contributed by atoms with Gasteiger partial charge < -0.3 is 18.9 Å². The number of benzene rings is 2. The average Bonchev–Trinajstić information content (AvgIpc) is 3.19. The third-order valence-corrected chi connectivity index (χ3v) is 5.90. The zero-order valence-electron chi connectivity index (χ0n) is 19.1. The van der Waals surface area contributed by atoms with Crippen molar-refractivity contribution in [3.63, 3.8) is 0 Å². The predicted octanol–water partition coefficient (Wildman–Crippen LogP) is 3.59. The Morgan fingerprint density at radius 1 is 1.05 bits per heavy atom. The van der Waals surface area contributed by atoms with Crippen molar-refractivity contribution in [3.05, 3.63) is 70.7 Å². The normalized spacial score (nSPS) is 17.5. The van der Waals surface area contributed by atoms with Gasteiger partial charge in [0.25, 0.3) is 11.8 Å². The van der Waals surface area contributed by atoms with Gasteiger partial charge in [0, 0.05) is 24.4 Å². The van der Waals surface area contributed by atoms with E-state index in [2.05, 4.69) is 9.82 Å². The van der Waals surface area contributed by atoms with Crippen LogP contribution in [0.3, 0.4) is 0 Å². The summed E-state index contributed by atoms with van der Waals surface area (Å²) in [7, 11) is 0. The first-order valence-corrected chi connectivity index (χ1v) is 11.1. The molecule has 2 aromatic heterocycles. The Hall–Kier alpha value is -4.49. The van der Waals surface area contributed by atoms with Gasteiger partial charge in [-0.15, -0.1) is 0 Å². The quantitative estimate of drug-likeness (QED) is 0.367. The molecule has 1 fully saturated rings. The van der Waals surface area contributed by atoms with E-state index in [-0.39, 0.29) is 16.2 Å². The van der Waals surface area contributed by atoms with Crippen LogP contribution in [0.25, 0.3) is 22.0 Å². The van der Waals surface area contributed by atoms with Crippen molar-refractivity contribution in [3.8, 4) is 5.88 Å². The van der Waals surface area contributed by atoms with E-state index < -0.39 is 66.4 Å². The highest BCUT2D eigenvalue weighted by Gasteiger charge is 2.48. The summed E-state index contributed by atoms with van der Waals surface area (Å²) in [6.45, 7) is -1.04. The maximum atomic E-state index is 14.8. The van der Waals surface area contributed by atoms with Crippen molar-refractivity contribution in [2.45, 2.75) is 24.6 Å². The molecule has 0 unspecified atom stereocenters. The number of fused-ring (bicyclic) bond motifs is 2. The van der Waals surface area contributed by atoms with Gasteiger partial charge in [0.1, 0.15) is 5.52 Å². The second kappa shape index (κ2) is 9.11. The third kappa shape index (κ3) is 4.64. The third-order valence-electron chi connectivity index (χ3n) is 5.90. The molecule has 2 aromatic carbocycles. The Morgan fingerprint density at radius 2 is 1.82 bits per heavy atom. The Balaban J connectivity index is 1.44. The Labute approximate surface area is 208 Å². The molecule has 0 spiro atoms. The number of nitrogens with zero attached hydrogens (tertiary/aromatic N) is 3. The molecule has 0 bridgehead atoms. The van der Waals surface area contributed by atoms with Gasteiger partial charge in [-0.1, -0.05) is 29.0 Å². The standard InChI is InChI=1S/C24H16F5N3O6/c25-23(26)10-11-31(12-17(23)37-18-9-8-13-4-1-2-6-15(13)30-18)20(33)14-5-3-7-16-19(14)32(22(35)36-16)38-21(34)24(27,28)29/h1-9,17H,10-12H2/t17-/m0/s1. The number of carbonyl (C=O) groups excluding carboxylic acids is 2. The lowest BCUT2D eigenvalue weighted by atomic mass is 10.0. The van der Waals surface area contributed by atoms with Crippen LogP contribution in [-0.4, -0.2) is 57.8 Å². The van der Waals surface area contributed by atoms with Gasteiger partial charge in [0.15, 0.2) is 11.7 Å². The van der Waals surface area contributed by atoms with Crippen molar-refractivity contribution >= 4 is 33.9 Å². The lowest BCUT2D eigenvalue weighted by Gasteiger charge is -2.38. The molecule has 1 amide bonds. The summed E-state index contributed by atoms with van der Waals surface area (Å²) in [5.74, 6) is -8.57. The van der Waals surface area contributed by atoms with Gasteiger partial charge in [0.05, 0.1) is 17.6 Å². The second-order valence-corrected chi connectivity index (χ2v) is 8.40. The van der Waals surface area contributed by atoms with Crippen molar-refractivity contribution in [2.75, 3.05) is 13.1 Å². The molecule has 0 aliphatic carbocycles. The fraction of sp³-hybridized carbons (Fsp3) is 0.250. The molecule has 0 N–H and O–H groups in total. The largest absolute Gasteiger partial charge is 0.493 e. The summed E-state index contributed by atoms with van der Waals surface area (Å²) in [6, 6.07) is 13.6. The van der Waals surface area contributed by atoms with Crippen molar-refractivity contribution < 1.29 is 45.5 Å². The van der Waals surface area contributed by atoms with E-state index >= 15 is 0 Å². The number of pyridine rings is 1. The number of ether oxygens (including phenoxy) is 1. The number of hydrogen-bond donors (Lipinski definition) is 0. The summed E-state index contributed by atoms with van der Waals surface area (Å²) in [6.07, 6.45) is -8.03. The van der Waals surface area contributed by atoms with E-state index in [1.165, 1.54) is 12.1 Å². The average molecular weight is 537 g/mol. The molecular weight excluding hydrogens is 521 g/mol. The molecule has 38 heavy (non-hydrogen) atoms. The van der Waals surface area contributed by atoms with E-state index in [9.17, 15) is 36.3 Å². The molecule has 1 atom stereocenters. The van der Waals surface area contributed by atoms with Crippen molar-refractivity contribution in [2.24, 2.45) is 0 Å². The van der Waals surface area contributed by atoms with E-state index in [4.69, 9.17) is 9.15 Å². The molecule has 9 nitrogen and oxygen atoms in total. The molecule has 14 heteroatoms. The Bertz CT molecular complexity index is 1610. The lowest BCUT2D eigenvalue weighted by Crippen LogP contribution is -2.55. The lowest BCUT2D eigenvalue weighted by molar-refractivity contribution is -0.200. The van der Waals surface area contributed by atoms with Gasteiger partial charge in [-0.2, -0.15) is 13.2 Å². The second-order valence-electron chi connectivity index (χ2n) is 8.40. The molecule has 0 radical (unpaired) electrons. The molecule has 5 rings (SSSR count). The minimum Gasteiger partial charge on any atom is -0.466 e. The van der Waals surface area contributed by atoms with Crippen LogP contribution in [0.1, 0.15) is 16.8 Å². The number of para-hydroxylation sites is 2. The summed E-state index contributed by atoms with van der Waals surface area (Å²) in [5, 5.41) is 0.762. The van der Waals surface area contributed by atoms with E-state index in [1.807, 2.05) is 0 Å². The summed E-state index contributed by atoms with van der Waals surface area (Å²) in [4.78, 5) is 46.1. The first-order valence-electron chi connectivity index (χ1n) is 11.1. The maximum absolute atomic E-state index is 14.8. The number of aromatic nitrogens is 2. The van der Waals surface area contributed by atoms with Gasteiger partial charge in [-0.3, -0.25) is 4.79 Å². The topological polar surface area (TPSA) is 104 Å². The molecule has 1 saturated heterocycles. The minimum atomic E-state index is -5.44. The zero-order valence-corrected chi connectivity index (χ0v) is 19.1. The number of rotatable bonds is 4. The number of oxazole rings is 1. The van der Waals surface area contributed by atoms with E-state index in [0.29, 0.717) is 5.52 Å². The van der Waals surface area contributed by atoms with Gasteiger partial charge in [0.2, 0.25) is 5.88 Å². The van der Waals surface area contributed by atoms with E-state index in [1.54, 1.807) is 30.3 Å². The van der Waals surface area contributed by atoms with Crippen molar-refractivity contribution in [1.29, 1.82) is 0 Å². The van der Waals surface area contributed by atoms with Crippen LogP contribution in [0.15, 0.2) is 63.8 Å². The number of hydrogen-bond acceptors (Lipinski definition) is 7. The van der Waals surface area contributed by atoms with Crippen LogP contribution in [0.5, 0.6) is 5.88 Å². The highest BCUT2D eigenvalue weighted by atomic mass is 19.4. The van der Waals surface area contributed by atoms with Crippen LogP contribution >= 0.6 is 0 Å². The smallest absolute Gasteiger partial charge is 0.466 e. The van der Waals surface area contributed by atoms with Gasteiger partial charge in [-0.25, -0.2) is 23.4 Å². The number of halogens is 5. The number of piperidine rings is 1. The number of carbonyl (C=O) groups is 2. The van der Waals surface area contributed by atoms with Crippen LogP contribution in [0, 0.1) is 0 Å². The van der Waals surface area contributed by atoms with Gasteiger partial charge >= 0.3 is 17.9 Å². The molecule has 4 aromatic rings. The van der Waals surface area contributed by atoms with Crippen LogP contribution < -0.4 is 15.3 Å². The van der Waals surface area contributed by atoms with Crippen LogP contribution in [0.2, 0.25) is 0 Å². The highest BCUT2D eigenvalue weighted by Crippen LogP contribution is 2.33. The van der Waals surface area contributed by atoms with Crippen molar-refractivity contribution in [1.82, 2.24) is 14.6 Å². The molecule has 3 heterocycles. The Kier molecular flexibility index (Phi) is 6.04.